The molecule has 5 heteroatoms. The summed E-state index contributed by atoms with van der Waals surface area (Å²) in [6.07, 6.45) is 0. The highest BCUT2D eigenvalue weighted by molar-refractivity contribution is 6.30. The molecule has 150 valence electrons. The molecule has 0 N–H and O–H groups in total. The van der Waals surface area contributed by atoms with Crippen LogP contribution in [-0.4, -0.2) is 11.6 Å². The normalized spacial score (nSPS) is 17.8. The standard InChI is InChI=1S/C25H22ClN3O/c1-17-5-4-6-19(15-17)23-25(2,3)29(22-11-7-18(16-27)8-12-22)24(30)28(23)21-13-9-20(26)10-14-21/h4-15,23H,1-3H3/t23-/m0/s1. The van der Waals surface area contributed by atoms with Crippen molar-refractivity contribution in [3.05, 3.63) is 94.5 Å². The molecule has 0 unspecified atom stereocenters. The zero-order valence-corrected chi connectivity index (χ0v) is 17.9. The Morgan fingerprint density at radius 3 is 2.20 bits per heavy atom. The number of anilines is 2. The van der Waals surface area contributed by atoms with Gasteiger partial charge in [-0.1, -0.05) is 41.4 Å². The van der Waals surface area contributed by atoms with Gasteiger partial charge in [0.15, 0.2) is 0 Å². The summed E-state index contributed by atoms with van der Waals surface area (Å²) in [5.41, 5.74) is 3.79. The number of rotatable bonds is 3. The molecule has 3 aromatic rings. The van der Waals surface area contributed by atoms with Crippen molar-refractivity contribution in [1.82, 2.24) is 0 Å². The van der Waals surface area contributed by atoms with Crippen LogP contribution in [0.5, 0.6) is 0 Å². The maximum Gasteiger partial charge on any atom is 0.330 e. The van der Waals surface area contributed by atoms with Crippen LogP contribution in [0, 0.1) is 18.3 Å². The fraction of sp³-hybridized carbons (Fsp3) is 0.200. The van der Waals surface area contributed by atoms with Crippen LogP contribution in [0.2, 0.25) is 5.02 Å². The van der Waals surface area contributed by atoms with Gasteiger partial charge in [-0.15, -0.1) is 0 Å². The third kappa shape index (κ3) is 3.32. The Balaban J connectivity index is 1.89. The van der Waals surface area contributed by atoms with Crippen LogP contribution in [0.4, 0.5) is 16.2 Å². The number of carbonyl (C=O) groups excluding carboxylic acids is 1. The summed E-state index contributed by atoms with van der Waals surface area (Å²) in [5, 5.41) is 9.75. The van der Waals surface area contributed by atoms with Crippen LogP contribution in [0.25, 0.3) is 0 Å². The molecule has 1 aliphatic heterocycles. The van der Waals surface area contributed by atoms with Crippen LogP contribution in [-0.2, 0) is 0 Å². The molecule has 4 nitrogen and oxygen atoms in total. The van der Waals surface area contributed by atoms with Gasteiger partial charge in [0.2, 0.25) is 0 Å². The Labute approximate surface area is 181 Å². The summed E-state index contributed by atoms with van der Waals surface area (Å²) in [4.78, 5) is 17.4. The van der Waals surface area contributed by atoms with Gasteiger partial charge >= 0.3 is 6.03 Å². The van der Waals surface area contributed by atoms with Gasteiger partial charge in [0.25, 0.3) is 0 Å². The molecule has 1 saturated heterocycles. The van der Waals surface area contributed by atoms with Gasteiger partial charge < -0.3 is 0 Å². The van der Waals surface area contributed by atoms with E-state index in [1.54, 1.807) is 24.3 Å². The van der Waals surface area contributed by atoms with Crippen molar-refractivity contribution >= 4 is 29.0 Å². The molecule has 3 aromatic carbocycles. The predicted molar refractivity (Wildman–Crippen MR) is 121 cm³/mol. The molecule has 0 radical (unpaired) electrons. The number of hydrogen-bond donors (Lipinski definition) is 0. The molecule has 4 rings (SSSR count). The highest BCUT2D eigenvalue weighted by Gasteiger charge is 2.53. The SMILES string of the molecule is Cc1cccc([C@@H]2N(c3ccc(Cl)cc3)C(=O)N(c3ccc(C#N)cc3)C2(C)C)c1. The van der Waals surface area contributed by atoms with E-state index in [0.717, 1.165) is 22.5 Å². The van der Waals surface area contributed by atoms with E-state index >= 15 is 0 Å². The van der Waals surface area contributed by atoms with Crippen molar-refractivity contribution < 1.29 is 4.79 Å². The number of amides is 2. The monoisotopic (exact) mass is 415 g/mol. The average molecular weight is 416 g/mol. The lowest BCUT2D eigenvalue weighted by molar-refractivity contribution is 0.254. The molecule has 2 amide bonds. The van der Waals surface area contributed by atoms with Crippen molar-refractivity contribution in [2.24, 2.45) is 0 Å². The highest BCUT2D eigenvalue weighted by Crippen LogP contribution is 2.47. The average Bonchev–Trinajstić information content (AvgIpc) is 2.94. The first-order valence-electron chi connectivity index (χ1n) is 9.78. The van der Waals surface area contributed by atoms with Gasteiger partial charge in [-0.25, -0.2) is 4.79 Å². The third-order valence-corrected chi connectivity index (χ3v) is 5.87. The Morgan fingerprint density at radius 2 is 1.60 bits per heavy atom. The first kappa shape index (κ1) is 20.0. The highest BCUT2D eigenvalue weighted by atomic mass is 35.5. The van der Waals surface area contributed by atoms with Gasteiger partial charge in [0.1, 0.15) is 0 Å². The maximum absolute atomic E-state index is 13.8. The summed E-state index contributed by atoms with van der Waals surface area (Å²) in [6.45, 7) is 6.20. The second-order valence-electron chi connectivity index (χ2n) is 8.09. The van der Waals surface area contributed by atoms with Crippen LogP contribution < -0.4 is 9.80 Å². The molecule has 0 aromatic heterocycles. The van der Waals surface area contributed by atoms with Crippen LogP contribution in [0.1, 0.15) is 36.6 Å². The van der Waals surface area contributed by atoms with Gasteiger partial charge in [-0.05, 0) is 74.9 Å². The smallest absolute Gasteiger partial charge is 0.286 e. The van der Waals surface area contributed by atoms with Crippen molar-refractivity contribution in [3.8, 4) is 6.07 Å². The van der Waals surface area contributed by atoms with E-state index in [9.17, 15) is 4.79 Å². The predicted octanol–water partition coefficient (Wildman–Crippen LogP) is 6.49. The Bertz CT molecular complexity index is 1130. The molecule has 1 heterocycles. The summed E-state index contributed by atoms with van der Waals surface area (Å²) >= 11 is 6.10. The van der Waals surface area contributed by atoms with E-state index in [1.165, 1.54) is 0 Å². The maximum atomic E-state index is 13.8. The lowest BCUT2D eigenvalue weighted by Gasteiger charge is -2.35. The van der Waals surface area contributed by atoms with E-state index < -0.39 is 5.54 Å². The number of benzene rings is 3. The van der Waals surface area contributed by atoms with E-state index in [0.29, 0.717) is 10.6 Å². The molecule has 0 spiro atoms. The third-order valence-electron chi connectivity index (χ3n) is 5.62. The molecule has 0 saturated carbocycles. The van der Waals surface area contributed by atoms with Gasteiger partial charge in [0, 0.05) is 16.4 Å². The first-order valence-corrected chi connectivity index (χ1v) is 10.2. The molecule has 1 fully saturated rings. The lowest BCUT2D eigenvalue weighted by Crippen LogP contribution is -2.43. The van der Waals surface area contributed by atoms with E-state index in [-0.39, 0.29) is 12.1 Å². The summed E-state index contributed by atoms with van der Waals surface area (Å²) in [5.74, 6) is 0. The van der Waals surface area contributed by atoms with Crippen LogP contribution in [0.15, 0.2) is 72.8 Å². The zero-order valence-electron chi connectivity index (χ0n) is 17.1. The van der Waals surface area contributed by atoms with Crippen LogP contribution >= 0.6 is 11.6 Å². The Hall–Kier alpha value is -3.29. The van der Waals surface area contributed by atoms with Crippen molar-refractivity contribution in [2.45, 2.75) is 32.4 Å². The Kier molecular flexibility index (Phi) is 5.01. The summed E-state index contributed by atoms with van der Waals surface area (Å²) in [6, 6.07) is 24.6. The number of nitrogens with zero attached hydrogens (tertiary/aromatic N) is 3. The fourth-order valence-corrected chi connectivity index (χ4v) is 4.42. The minimum Gasteiger partial charge on any atom is -0.286 e. The molecule has 1 aliphatic rings. The number of carbonyl (C=O) groups is 1. The van der Waals surface area contributed by atoms with Gasteiger partial charge in [-0.2, -0.15) is 5.26 Å². The molecule has 0 aliphatic carbocycles. The van der Waals surface area contributed by atoms with Crippen molar-refractivity contribution in [1.29, 1.82) is 5.26 Å². The molecule has 1 atom stereocenters. The molecular weight excluding hydrogens is 394 g/mol. The molecule has 30 heavy (non-hydrogen) atoms. The fourth-order valence-electron chi connectivity index (χ4n) is 4.29. The van der Waals surface area contributed by atoms with Crippen molar-refractivity contribution in [2.75, 3.05) is 9.80 Å². The van der Waals surface area contributed by atoms with Crippen molar-refractivity contribution in [3.63, 3.8) is 0 Å². The second kappa shape index (κ2) is 7.51. The quantitative estimate of drug-likeness (QED) is 0.491. The lowest BCUT2D eigenvalue weighted by atomic mass is 9.87. The summed E-state index contributed by atoms with van der Waals surface area (Å²) < 4.78 is 0. The Morgan fingerprint density at radius 1 is 0.967 bits per heavy atom. The van der Waals surface area contributed by atoms with E-state index in [1.807, 2.05) is 40.1 Å². The largest absolute Gasteiger partial charge is 0.330 e. The number of nitriles is 1. The van der Waals surface area contributed by atoms with Gasteiger partial charge in [0.05, 0.1) is 23.2 Å². The van der Waals surface area contributed by atoms with Gasteiger partial charge in [-0.3, -0.25) is 9.80 Å². The number of halogens is 1. The number of urea groups is 1. The van der Waals surface area contributed by atoms with E-state index in [2.05, 4.69) is 45.0 Å². The topological polar surface area (TPSA) is 47.3 Å². The second-order valence-corrected chi connectivity index (χ2v) is 8.53. The first-order chi connectivity index (χ1) is 14.3. The minimum atomic E-state index is -0.543. The summed E-state index contributed by atoms with van der Waals surface area (Å²) in [7, 11) is 0. The molecular formula is C25H22ClN3O. The zero-order chi connectivity index (χ0) is 21.5. The van der Waals surface area contributed by atoms with Crippen LogP contribution in [0.3, 0.4) is 0 Å². The van der Waals surface area contributed by atoms with E-state index in [4.69, 9.17) is 16.9 Å². The number of hydrogen-bond acceptors (Lipinski definition) is 2. The molecule has 0 bridgehead atoms. The minimum absolute atomic E-state index is 0.112. The number of aryl methyl sites for hydroxylation is 1.